The average Bonchev–Trinajstić information content (AvgIpc) is 2.29. The van der Waals surface area contributed by atoms with Gasteiger partial charge in [-0.3, -0.25) is 4.79 Å². The summed E-state index contributed by atoms with van der Waals surface area (Å²) >= 11 is 5.69. The van der Waals surface area contributed by atoms with E-state index in [1.165, 1.54) is 18.2 Å². The lowest BCUT2D eigenvalue weighted by atomic mass is 10.1. The second-order valence-corrected chi connectivity index (χ2v) is 3.55. The minimum atomic E-state index is -0.609. The van der Waals surface area contributed by atoms with Gasteiger partial charge in [0.2, 0.25) is 0 Å². The monoisotopic (exact) mass is 254 g/mol. The maximum Gasteiger partial charge on any atom is 0.330 e. The minimum absolute atomic E-state index is 0.0399. The number of carbonyl (C=O) groups excluding carboxylic acids is 2. The molecule has 5 heteroatoms. The third-order valence-corrected chi connectivity index (χ3v) is 2.12. The number of phenols is 1. The molecule has 0 saturated carbocycles. The molecule has 0 saturated heterocycles. The van der Waals surface area contributed by atoms with Crippen molar-refractivity contribution >= 4 is 23.4 Å². The molecule has 1 aromatic carbocycles. The Balaban J connectivity index is 2.83. The fourth-order valence-corrected chi connectivity index (χ4v) is 1.30. The lowest BCUT2D eigenvalue weighted by Crippen LogP contribution is -2.01. The first-order chi connectivity index (χ1) is 8.04. The molecular formula is C12H11ClO4. The Kier molecular flexibility index (Phi) is 4.72. The Hall–Kier alpha value is -1.81. The van der Waals surface area contributed by atoms with E-state index >= 15 is 0 Å². The number of hydrogen-bond acceptors (Lipinski definition) is 4. The number of carbonyl (C=O) groups is 2. The Morgan fingerprint density at radius 1 is 1.41 bits per heavy atom. The Morgan fingerprint density at radius 2 is 2.12 bits per heavy atom. The van der Waals surface area contributed by atoms with Crippen molar-refractivity contribution in [1.29, 1.82) is 0 Å². The van der Waals surface area contributed by atoms with E-state index < -0.39 is 11.8 Å². The highest BCUT2D eigenvalue weighted by molar-refractivity contribution is 6.31. The third-order valence-electron chi connectivity index (χ3n) is 1.88. The van der Waals surface area contributed by atoms with Gasteiger partial charge < -0.3 is 9.84 Å². The van der Waals surface area contributed by atoms with Crippen LogP contribution in [0.3, 0.4) is 0 Å². The van der Waals surface area contributed by atoms with Gasteiger partial charge in [0.25, 0.3) is 0 Å². The topological polar surface area (TPSA) is 63.6 Å². The number of aromatic hydroxyl groups is 1. The summed E-state index contributed by atoms with van der Waals surface area (Å²) in [5.74, 6) is -1.31. The molecule has 0 radical (unpaired) electrons. The summed E-state index contributed by atoms with van der Waals surface area (Å²) in [5, 5.41) is 9.77. The highest BCUT2D eigenvalue weighted by Gasteiger charge is 2.09. The molecule has 1 rings (SSSR count). The molecule has 17 heavy (non-hydrogen) atoms. The van der Waals surface area contributed by atoms with Crippen molar-refractivity contribution in [1.82, 2.24) is 0 Å². The molecule has 0 aliphatic rings. The van der Waals surface area contributed by atoms with Gasteiger partial charge in [0, 0.05) is 11.1 Å². The van der Waals surface area contributed by atoms with Gasteiger partial charge in [-0.2, -0.15) is 0 Å². The summed E-state index contributed by atoms with van der Waals surface area (Å²) in [4.78, 5) is 22.6. The van der Waals surface area contributed by atoms with Crippen LogP contribution in [0.1, 0.15) is 17.3 Å². The van der Waals surface area contributed by atoms with Gasteiger partial charge >= 0.3 is 5.97 Å². The standard InChI is InChI=1S/C12H11ClO4/c1-2-17-12(16)6-5-11(15)9-7-8(13)3-4-10(9)14/h3-7,14H,2H2,1H3/b6-5+. The van der Waals surface area contributed by atoms with Crippen LogP contribution < -0.4 is 0 Å². The molecule has 0 aliphatic heterocycles. The highest BCUT2D eigenvalue weighted by Crippen LogP contribution is 2.22. The quantitative estimate of drug-likeness (QED) is 0.509. The van der Waals surface area contributed by atoms with Crippen molar-refractivity contribution in [2.45, 2.75) is 6.92 Å². The molecule has 0 aliphatic carbocycles. The van der Waals surface area contributed by atoms with Gasteiger partial charge in [-0.05, 0) is 31.2 Å². The maximum atomic E-state index is 11.6. The summed E-state index contributed by atoms with van der Waals surface area (Å²) in [6, 6.07) is 4.10. The highest BCUT2D eigenvalue weighted by atomic mass is 35.5. The van der Waals surface area contributed by atoms with Crippen LogP contribution in [0.2, 0.25) is 5.02 Å². The summed E-state index contributed by atoms with van der Waals surface area (Å²) in [6.45, 7) is 1.90. The third kappa shape index (κ3) is 3.92. The lowest BCUT2D eigenvalue weighted by Gasteiger charge is -2.00. The molecule has 0 unspecified atom stereocenters. The molecule has 0 bridgehead atoms. The SMILES string of the molecule is CCOC(=O)/C=C/C(=O)c1cc(Cl)ccc1O. The van der Waals surface area contributed by atoms with E-state index in [1.54, 1.807) is 6.92 Å². The van der Waals surface area contributed by atoms with Crippen LogP contribution in [0.4, 0.5) is 0 Å². The number of esters is 1. The number of benzene rings is 1. The molecule has 1 N–H and O–H groups in total. The number of hydrogen-bond donors (Lipinski definition) is 1. The first-order valence-corrected chi connectivity index (χ1v) is 5.30. The van der Waals surface area contributed by atoms with Crippen LogP contribution in [0.25, 0.3) is 0 Å². The van der Waals surface area contributed by atoms with Crippen molar-refractivity contribution in [3.05, 3.63) is 40.9 Å². The molecule has 0 amide bonds. The largest absolute Gasteiger partial charge is 0.507 e. The minimum Gasteiger partial charge on any atom is -0.507 e. The Labute approximate surface area is 103 Å². The zero-order valence-electron chi connectivity index (χ0n) is 9.14. The fraction of sp³-hybridized carbons (Fsp3) is 0.167. The fourth-order valence-electron chi connectivity index (χ4n) is 1.13. The molecule has 0 fully saturated rings. The van der Waals surface area contributed by atoms with Crippen molar-refractivity contribution in [3.8, 4) is 5.75 Å². The van der Waals surface area contributed by atoms with Gasteiger partial charge in [0.15, 0.2) is 5.78 Å². The molecule has 1 aromatic rings. The Bertz CT molecular complexity index is 466. The van der Waals surface area contributed by atoms with Crippen LogP contribution >= 0.6 is 11.6 Å². The van der Waals surface area contributed by atoms with E-state index in [-0.39, 0.29) is 17.9 Å². The maximum absolute atomic E-state index is 11.6. The predicted molar refractivity (Wildman–Crippen MR) is 63.2 cm³/mol. The van der Waals surface area contributed by atoms with E-state index in [0.29, 0.717) is 5.02 Å². The summed E-state index contributed by atoms with van der Waals surface area (Å²) < 4.78 is 4.62. The predicted octanol–water partition coefficient (Wildman–Crippen LogP) is 2.35. The molecule has 0 heterocycles. The van der Waals surface area contributed by atoms with Crippen LogP contribution in [0.5, 0.6) is 5.75 Å². The smallest absolute Gasteiger partial charge is 0.330 e. The van der Waals surface area contributed by atoms with E-state index in [1.807, 2.05) is 0 Å². The zero-order valence-corrected chi connectivity index (χ0v) is 9.90. The van der Waals surface area contributed by atoms with Crippen molar-refractivity contribution in [3.63, 3.8) is 0 Å². The summed E-state index contributed by atoms with van der Waals surface area (Å²) in [7, 11) is 0. The normalized spacial score (nSPS) is 10.5. The van der Waals surface area contributed by atoms with E-state index in [2.05, 4.69) is 4.74 Å². The number of ketones is 1. The van der Waals surface area contributed by atoms with Crippen LogP contribution in [-0.2, 0) is 9.53 Å². The van der Waals surface area contributed by atoms with Gasteiger partial charge in [-0.15, -0.1) is 0 Å². The summed E-state index contributed by atoms with van der Waals surface area (Å²) in [6.07, 6.45) is 2.04. The van der Waals surface area contributed by atoms with Gasteiger partial charge in [0.1, 0.15) is 5.75 Å². The van der Waals surface area contributed by atoms with Crippen molar-refractivity contribution in [2.24, 2.45) is 0 Å². The van der Waals surface area contributed by atoms with Crippen molar-refractivity contribution in [2.75, 3.05) is 6.61 Å². The molecule has 0 atom stereocenters. The number of rotatable bonds is 4. The molecule has 4 nitrogen and oxygen atoms in total. The van der Waals surface area contributed by atoms with Gasteiger partial charge in [0.05, 0.1) is 12.2 Å². The van der Waals surface area contributed by atoms with Crippen molar-refractivity contribution < 1.29 is 19.4 Å². The van der Waals surface area contributed by atoms with Crippen LogP contribution in [0.15, 0.2) is 30.4 Å². The van der Waals surface area contributed by atoms with E-state index in [0.717, 1.165) is 12.2 Å². The number of ether oxygens (including phenoxy) is 1. The van der Waals surface area contributed by atoms with Gasteiger partial charge in [-0.1, -0.05) is 11.6 Å². The second kappa shape index (κ2) is 6.06. The van der Waals surface area contributed by atoms with Crippen LogP contribution in [-0.4, -0.2) is 23.5 Å². The number of phenolic OH excluding ortho intramolecular Hbond substituents is 1. The average molecular weight is 255 g/mol. The molecule has 0 aromatic heterocycles. The Morgan fingerprint density at radius 3 is 2.76 bits per heavy atom. The lowest BCUT2D eigenvalue weighted by molar-refractivity contribution is -0.137. The molecular weight excluding hydrogens is 244 g/mol. The molecule has 0 spiro atoms. The first-order valence-electron chi connectivity index (χ1n) is 4.92. The second-order valence-electron chi connectivity index (χ2n) is 3.11. The zero-order chi connectivity index (χ0) is 12.8. The van der Waals surface area contributed by atoms with Crippen LogP contribution in [0, 0.1) is 0 Å². The number of halogens is 1. The number of allylic oxidation sites excluding steroid dienone is 1. The molecule has 90 valence electrons. The van der Waals surface area contributed by atoms with E-state index in [4.69, 9.17) is 11.6 Å². The van der Waals surface area contributed by atoms with Gasteiger partial charge in [-0.25, -0.2) is 4.79 Å². The summed E-state index contributed by atoms with van der Waals surface area (Å²) in [5.41, 5.74) is 0.0399. The first kappa shape index (κ1) is 13.3. The van der Waals surface area contributed by atoms with E-state index in [9.17, 15) is 14.7 Å².